The minimum absolute atomic E-state index is 0.0164. The van der Waals surface area contributed by atoms with Gasteiger partial charge in [-0.1, -0.05) is 11.6 Å². The molecule has 4 atom stereocenters. The molecule has 2 aromatic heterocycles. The number of fused-ring (bicyclic) bond motifs is 1. The Bertz CT molecular complexity index is 764. The maximum absolute atomic E-state index is 10.2. The predicted molar refractivity (Wildman–Crippen MR) is 87.7 cm³/mol. The molecule has 5 N–H and O–H groups in total. The molecule has 1 unspecified atom stereocenters. The normalized spacial score (nSPS) is 27.2. The molecule has 0 amide bonds. The van der Waals surface area contributed by atoms with Gasteiger partial charge in [0.2, 0.25) is 0 Å². The largest absolute Gasteiger partial charge is 0.394 e. The number of aliphatic hydroxyl groups excluding tert-OH is 4. The van der Waals surface area contributed by atoms with Gasteiger partial charge in [-0.15, -0.1) is 5.10 Å². The van der Waals surface area contributed by atoms with E-state index in [-0.39, 0.29) is 6.61 Å². The van der Waals surface area contributed by atoms with Crippen molar-refractivity contribution in [2.75, 3.05) is 25.1 Å². The highest BCUT2D eigenvalue weighted by Gasteiger charge is 2.43. The molecule has 0 aliphatic carbocycles. The molecule has 0 bridgehead atoms. The van der Waals surface area contributed by atoms with Gasteiger partial charge in [-0.05, 0) is 6.92 Å². The third-order valence-electron chi connectivity index (χ3n) is 4.15. The van der Waals surface area contributed by atoms with Crippen molar-refractivity contribution < 1.29 is 25.2 Å². The summed E-state index contributed by atoms with van der Waals surface area (Å²) in [5, 5.41) is 49.3. The van der Waals surface area contributed by atoms with E-state index < -0.39 is 31.1 Å². The minimum Gasteiger partial charge on any atom is -0.394 e. The lowest BCUT2D eigenvalue weighted by Crippen LogP contribution is -2.33. The van der Waals surface area contributed by atoms with Crippen LogP contribution in [-0.2, 0) is 4.74 Å². The third kappa shape index (κ3) is 3.34. The molecule has 136 valence electrons. The molecule has 2 aromatic rings. The number of aromatic nitrogens is 4. The Morgan fingerprint density at radius 1 is 1.36 bits per heavy atom. The number of hydrogen-bond donors (Lipinski definition) is 5. The van der Waals surface area contributed by atoms with Crippen LogP contribution in [0.1, 0.15) is 13.2 Å². The maximum atomic E-state index is 10.2. The molecule has 1 aliphatic heterocycles. The van der Waals surface area contributed by atoms with Gasteiger partial charge >= 0.3 is 0 Å². The lowest BCUT2D eigenvalue weighted by Gasteiger charge is -2.16. The number of nitrogens with one attached hydrogen (secondary N) is 1. The number of ether oxygens (including phenoxy) is 1. The van der Waals surface area contributed by atoms with E-state index >= 15 is 0 Å². The highest BCUT2D eigenvalue weighted by atomic mass is 16.6. The number of anilines is 1. The smallest absolute Gasteiger partial charge is 0.177 e. The first kappa shape index (κ1) is 17.7. The highest BCUT2D eigenvalue weighted by molar-refractivity contribution is 5.85. The number of nitrogens with zero attached hydrogens (tertiary/aromatic N) is 4. The van der Waals surface area contributed by atoms with Crippen molar-refractivity contribution in [2.24, 2.45) is 0 Å². The summed E-state index contributed by atoms with van der Waals surface area (Å²) in [5.74, 6) is 0.449. The zero-order valence-corrected chi connectivity index (χ0v) is 13.6. The van der Waals surface area contributed by atoms with Gasteiger partial charge in [0.05, 0.1) is 31.3 Å². The molecule has 0 aromatic carbocycles. The molecule has 0 spiro atoms. The van der Waals surface area contributed by atoms with Gasteiger partial charge in [0, 0.05) is 6.54 Å². The second-order valence-electron chi connectivity index (χ2n) is 5.90. The van der Waals surface area contributed by atoms with E-state index in [1.54, 1.807) is 4.57 Å². The van der Waals surface area contributed by atoms with Crippen LogP contribution < -0.4 is 5.32 Å². The van der Waals surface area contributed by atoms with Gasteiger partial charge < -0.3 is 30.5 Å². The summed E-state index contributed by atoms with van der Waals surface area (Å²) in [6.07, 6.45) is 0.637. The molecule has 25 heavy (non-hydrogen) atoms. The van der Waals surface area contributed by atoms with Crippen LogP contribution in [0.3, 0.4) is 0 Å². The van der Waals surface area contributed by atoms with Crippen LogP contribution in [0.15, 0.2) is 24.2 Å². The second-order valence-corrected chi connectivity index (χ2v) is 5.90. The lowest BCUT2D eigenvalue weighted by atomic mass is 10.1. The minimum atomic E-state index is -1.20. The zero-order chi connectivity index (χ0) is 18.0. The maximum Gasteiger partial charge on any atom is 0.177 e. The fourth-order valence-electron chi connectivity index (χ4n) is 2.69. The van der Waals surface area contributed by atoms with E-state index in [4.69, 9.17) is 9.84 Å². The Kier molecular flexibility index (Phi) is 5.25. The van der Waals surface area contributed by atoms with Crippen LogP contribution in [0.2, 0.25) is 0 Å². The average molecular weight is 351 g/mol. The van der Waals surface area contributed by atoms with Crippen molar-refractivity contribution in [3.63, 3.8) is 0 Å². The Hall–Kier alpha value is -2.11. The van der Waals surface area contributed by atoms with Gasteiger partial charge in [0.1, 0.15) is 23.8 Å². The number of hydrogen-bond acceptors (Lipinski definition) is 9. The van der Waals surface area contributed by atoms with Gasteiger partial charge in [-0.25, -0.2) is 4.98 Å². The molecular formula is C15H21N5O5. The quantitative estimate of drug-likeness (QED) is 0.404. The van der Waals surface area contributed by atoms with E-state index in [0.717, 1.165) is 5.57 Å². The van der Waals surface area contributed by atoms with E-state index in [2.05, 4.69) is 20.5 Å². The monoisotopic (exact) mass is 351 g/mol. The van der Waals surface area contributed by atoms with E-state index in [0.29, 0.717) is 23.4 Å². The summed E-state index contributed by atoms with van der Waals surface area (Å²) in [6, 6.07) is 0. The van der Waals surface area contributed by atoms with Crippen LogP contribution in [0.25, 0.3) is 11.0 Å². The van der Waals surface area contributed by atoms with Crippen LogP contribution in [-0.4, -0.2) is 78.2 Å². The Morgan fingerprint density at radius 3 is 2.84 bits per heavy atom. The Balaban J connectivity index is 1.86. The van der Waals surface area contributed by atoms with Gasteiger partial charge in [0.15, 0.2) is 12.0 Å². The molecule has 3 rings (SSSR count). The summed E-state index contributed by atoms with van der Waals surface area (Å²) in [7, 11) is 0. The van der Waals surface area contributed by atoms with Crippen LogP contribution >= 0.6 is 0 Å². The van der Waals surface area contributed by atoms with Crippen molar-refractivity contribution in [2.45, 2.75) is 31.5 Å². The molecule has 1 saturated heterocycles. The van der Waals surface area contributed by atoms with Crippen molar-refractivity contribution in [1.29, 1.82) is 0 Å². The first-order valence-corrected chi connectivity index (χ1v) is 7.87. The highest BCUT2D eigenvalue weighted by Crippen LogP contribution is 2.32. The Labute approximate surface area is 143 Å². The first-order valence-electron chi connectivity index (χ1n) is 7.87. The van der Waals surface area contributed by atoms with Gasteiger partial charge in [-0.2, -0.15) is 5.10 Å². The fourth-order valence-corrected chi connectivity index (χ4v) is 2.69. The standard InChI is InChI=1S/C15H21N5O5/c1-8(5-21)2-3-16-14-11-9(4-18-19-14)20(7-17-11)15-13(24)12(23)10(6-22)25-15/h2,4,7,10,12-13,15,21-24H,3,5-6H2,1H3,(H,16,19)/b8-2-/t10-,12?,13+,15-/m1/s1. The number of rotatable bonds is 6. The first-order chi connectivity index (χ1) is 12.1. The van der Waals surface area contributed by atoms with Crippen molar-refractivity contribution in [3.05, 3.63) is 24.2 Å². The van der Waals surface area contributed by atoms with E-state index in [9.17, 15) is 15.3 Å². The van der Waals surface area contributed by atoms with Crippen LogP contribution in [0, 0.1) is 0 Å². The van der Waals surface area contributed by atoms with Gasteiger partial charge in [0.25, 0.3) is 0 Å². The third-order valence-corrected chi connectivity index (χ3v) is 4.15. The van der Waals surface area contributed by atoms with Crippen LogP contribution in [0.4, 0.5) is 5.82 Å². The summed E-state index contributed by atoms with van der Waals surface area (Å²) in [4.78, 5) is 4.28. The van der Waals surface area contributed by atoms with Gasteiger partial charge in [-0.3, -0.25) is 4.57 Å². The predicted octanol–water partition coefficient (Wildman–Crippen LogP) is -1.21. The van der Waals surface area contributed by atoms with Crippen molar-refractivity contribution >= 4 is 16.9 Å². The number of imidazole rings is 1. The zero-order valence-electron chi connectivity index (χ0n) is 13.6. The Morgan fingerprint density at radius 2 is 2.16 bits per heavy atom. The summed E-state index contributed by atoms with van der Waals surface area (Å²) in [5.41, 5.74) is 1.92. The fraction of sp³-hybridized carbons (Fsp3) is 0.533. The van der Waals surface area contributed by atoms with E-state index in [1.165, 1.54) is 12.5 Å². The molecule has 10 nitrogen and oxygen atoms in total. The van der Waals surface area contributed by atoms with Crippen LogP contribution in [0.5, 0.6) is 0 Å². The summed E-state index contributed by atoms with van der Waals surface area (Å²) < 4.78 is 7.07. The molecule has 10 heteroatoms. The second kappa shape index (κ2) is 7.42. The summed E-state index contributed by atoms with van der Waals surface area (Å²) >= 11 is 0. The topological polar surface area (TPSA) is 146 Å². The molecular weight excluding hydrogens is 330 g/mol. The molecule has 1 aliphatic rings. The molecule has 0 saturated carbocycles. The molecule has 1 fully saturated rings. The summed E-state index contributed by atoms with van der Waals surface area (Å²) in [6.45, 7) is 1.84. The average Bonchev–Trinajstić information content (AvgIpc) is 3.17. The lowest BCUT2D eigenvalue weighted by molar-refractivity contribution is -0.0509. The van der Waals surface area contributed by atoms with Crippen molar-refractivity contribution in [3.8, 4) is 0 Å². The number of aliphatic hydroxyl groups is 4. The van der Waals surface area contributed by atoms with E-state index in [1.807, 2.05) is 13.0 Å². The molecule has 0 radical (unpaired) electrons. The van der Waals surface area contributed by atoms with Crippen molar-refractivity contribution in [1.82, 2.24) is 19.7 Å². The SMILES string of the molecule is C/C(=C/CNc1nncc2c1ncn2[C@@H]1O[C@H](CO)C(O)[C@@H]1O)CO. The molecule has 3 heterocycles.